The van der Waals surface area contributed by atoms with Gasteiger partial charge < -0.3 is 0 Å². The zero-order chi connectivity index (χ0) is 17.2. The molecule has 0 aliphatic heterocycles. The number of benzene rings is 1. The van der Waals surface area contributed by atoms with Crippen molar-refractivity contribution in [3.63, 3.8) is 0 Å². The Bertz CT molecular complexity index is 507. The van der Waals surface area contributed by atoms with Gasteiger partial charge in [0.15, 0.2) is 0 Å². The van der Waals surface area contributed by atoms with Gasteiger partial charge in [0.25, 0.3) is 0 Å². The smallest absolute Gasteiger partial charge is 0.00853 e. The number of aryl methyl sites for hydroxylation is 1. The van der Waals surface area contributed by atoms with Crippen LogP contribution in [-0.4, -0.2) is 0 Å². The molecule has 0 atom stereocenters. The summed E-state index contributed by atoms with van der Waals surface area (Å²) in [5.41, 5.74) is 6.30. The molecule has 0 radical (unpaired) electrons. The number of hydrogen-bond donors (Lipinski definition) is 0. The summed E-state index contributed by atoms with van der Waals surface area (Å²) in [5, 5.41) is 0. The molecule has 0 nitrogen and oxygen atoms in total. The van der Waals surface area contributed by atoms with Crippen molar-refractivity contribution < 1.29 is 0 Å². The highest BCUT2D eigenvalue weighted by Crippen LogP contribution is 2.32. The van der Waals surface area contributed by atoms with E-state index < -0.39 is 0 Å². The fraction of sp³-hybridized carbons (Fsp3) is 0.667. The highest BCUT2D eigenvalue weighted by Gasteiger charge is 2.15. The maximum atomic E-state index is 2.41. The highest BCUT2D eigenvalue weighted by atomic mass is 14.2. The van der Waals surface area contributed by atoms with Gasteiger partial charge in [-0.25, -0.2) is 0 Å². The van der Waals surface area contributed by atoms with E-state index in [0.29, 0.717) is 5.92 Å². The number of fused-ring (bicyclic) bond motifs is 1. The monoisotopic (exact) mass is 326 g/mol. The summed E-state index contributed by atoms with van der Waals surface area (Å²) >= 11 is 0. The van der Waals surface area contributed by atoms with Crippen molar-refractivity contribution in [2.75, 3.05) is 0 Å². The number of hydrogen-bond acceptors (Lipinski definition) is 0. The van der Waals surface area contributed by atoms with Crippen LogP contribution in [-0.2, 0) is 12.8 Å². The summed E-state index contributed by atoms with van der Waals surface area (Å²) < 4.78 is 0. The lowest BCUT2D eigenvalue weighted by Gasteiger charge is -2.15. The molecule has 0 aromatic heterocycles. The molecule has 1 aromatic carbocycles. The molecule has 0 heterocycles. The first kappa shape index (κ1) is 19.3. The van der Waals surface area contributed by atoms with Gasteiger partial charge in [-0.2, -0.15) is 0 Å². The molecular formula is C24H38. The fourth-order valence-corrected chi connectivity index (χ4v) is 4.00. The van der Waals surface area contributed by atoms with Gasteiger partial charge >= 0.3 is 0 Å². The Balaban J connectivity index is 1.64. The van der Waals surface area contributed by atoms with E-state index >= 15 is 0 Å². The molecule has 0 heteroatoms. The predicted octanol–water partition coefficient (Wildman–Crippen LogP) is 7.84. The zero-order valence-electron chi connectivity index (χ0n) is 16.4. The van der Waals surface area contributed by atoms with Crippen molar-refractivity contribution in [1.29, 1.82) is 0 Å². The van der Waals surface area contributed by atoms with Gasteiger partial charge in [-0.15, -0.1) is 0 Å². The van der Waals surface area contributed by atoms with Crippen LogP contribution in [0.4, 0.5) is 0 Å². The number of allylic oxidation sites excluding steroid dienone is 1. The summed E-state index contributed by atoms with van der Waals surface area (Å²) in [5.74, 6) is 0.632. The van der Waals surface area contributed by atoms with E-state index in [0.717, 1.165) is 6.42 Å². The second-order valence-corrected chi connectivity index (χ2v) is 7.90. The minimum atomic E-state index is 0.632. The Labute approximate surface area is 150 Å². The van der Waals surface area contributed by atoms with E-state index in [9.17, 15) is 0 Å². The molecule has 0 saturated carbocycles. The van der Waals surface area contributed by atoms with Gasteiger partial charge in [0.2, 0.25) is 0 Å². The zero-order valence-corrected chi connectivity index (χ0v) is 16.4. The summed E-state index contributed by atoms with van der Waals surface area (Å²) in [6.07, 6.45) is 21.4. The van der Waals surface area contributed by atoms with E-state index in [1.54, 1.807) is 11.1 Å². The van der Waals surface area contributed by atoms with E-state index in [2.05, 4.69) is 45.1 Å². The summed E-state index contributed by atoms with van der Waals surface area (Å²) in [6, 6.07) is 4.79. The number of rotatable bonds is 12. The average molecular weight is 327 g/mol. The quantitative estimate of drug-likeness (QED) is 0.343. The molecule has 0 bridgehead atoms. The molecule has 0 saturated heterocycles. The van der Waals surface area contributed by atoms with Crippen LogP contribution in [0.25, 0.3) is 6.08 Å². The molecule has 0 spiro atoms. The minimum absolute atomic E-state index is 0.632. The summed E-state index contributed by atoms with van der Waals surface area (Å²) in [7, 11) is 0. The van der Waals surface area contributed by atoms with Crippen LogP contribution in [0.3, 0.4) is 0 Å². The standard InChI is InChI=1S/C24H38/c1-4-5-6-7-8-9-10-11-12-13-15-21-18-19-22(20(2)3)24-17-14-16-23(21)24/h14,17-20H,4-13,15-16H2,1-3H3. The molecule has 0 N–H and O–H groups in total. The first-order valence-electron chi connectivity index (χ1n) is 10.5. The Morgan fingerprint density at radius 1 is 0.833 bits per heavy atom. The van der Waals surface area contributed by atoms with Crippen molar-refractivity contribution in [3.05, 3.63) is 40.5 Å². The van der Waals surface area contributed by atoms with Crippen molar-refractivity contribution in [2.45, 2.75) is 104 Å². The first-order valence-corrected chi connectivity index (χ1v) is 10.5. The Hall–Kier alpha value is -1.04. The fourth-order valence-electron chi connectivity index (χ4n) is 4.00. The van der Waals surface area contributed by atoms with Gasteiger partial charge in [0, 0.05) is 0 Å². The molecule has 0 amide bonds. The molecular weight excluding hydrogens is 288 g/mol. The van der Waals surface area contributed by atoms with E-state index in [1.807, 2.05) is 0 Å². The van der Waals surface area contributed by atoms with Crippen LogP contribution >= 0.6 is 0 Å². The van der Waals surface area contributed by atoms with E-state index in [-0.39, 0.29) is 0 Å². The maximum absolute atomic E-state index is 2.41. The van der Waals surface area contributed by atoms with Crippen LogP contribution in [0.15, 0.2) is 18.2 Å². The lowest BCUT2D eigenvalue weighted by molar-refractivity contribution is 0.556. The van der Waals surface area contributed by atoms with Gasteiger partial charge in [0.05, 0.1) is 0 Å². The normalized spacial score (nSPS) is 13.0. The second kappa shape index (κ2) is 10.7. The molecule has 0 fully saturated rings. The molecule has 1 aliphatic rings. The maximum Gasteiger partial charge on any atom is -0.00853 e. The molecule has 134 valence electrons. The van der Waals surface area contributed by atoms with Gasteiger partial charge in [-0.05, 0) is 47.4 Å². The third kappa shape index (κ3) is 5.80. The molecule has 1 aromatic rings. The van der Waals surface area contributed by atoms with Gasteiger partial charge in [-0.3, -0.25) is 0 Å². The SMILES string of the molecule is CCCCCCCCCCCCc1ccc(C(C)C)c2c1CC=C2. The van der Waals surface area contributed by atoms with Crippen LogP contribution in [0.1, 0.15) is 113 Å². The Morgan fingerprint density at radius 2 is 1.46 bits per heavy atom. The Kier molecular flexibility index (Phi) is 8.64. The van der Waals surface area contributed by atoms with Crippen LogP contribution in [0.2, 0.25) is 0 Å². The molecule has 0 unspecified atom stereocenters. The third-order valence-corrected chi connectivity index (χ3v) is 5.52. The van der Waals surface area contributed by atoms with Crippen molar-refractivity contribution in [1.82, 2.24) is 0 Å². The largest absolute Gasteiger partial charge is 0.0795 e. The van der Waals surface area contributed by atoms with E-state index in [4.69, 9.17) is 0 Å². The second-order valence-electron chi connectivity index (χ2n) is 7.90. The molecule has 2 rings (SSSR count). The van der Waals surface area contributed by atoms with Crippen LogP contribution in [0.5, 0.6) is 0 Å². The third-order valence-electron chi connectivity index (χ3n) is 5.52. The van der Waals surface area contributed by atoms with Crippen molar-refractivity contribution in [3.8, 4) is 0 Å². The predicted molar refractivity (Wildman–Crippen MR) is 109 cm³/mol. The minimum Gasteiger partial charge on any atom is -0.0795 e. The Morgan fingerprint density at radius 3 is 2.08 bits per heavy atom. The lowest BCUT2D eigenvalue weighted by Crippen LogP contribution is -2.00. The van der Waals surface area contributed by atoms with Crippen molar-refractivity contribution in [2.24, 2.45) is 0 Å². The lowest BCUT2D eigenvalue weighted by atomic mass is 9.90. The molecule has 24 heavy (non-hydrogen) atoms. The van der Waals surface area contributed by atoms with Crippen LogP contribution < -0.4 is 0 Å². The van der Waals surface area contributed by atoms with E-state index in [1.165, 1.54) is 81.8 Å². The van der Waals surface area contributed by atoms with Crippen molar-refractivity contribution >= 4 is 6.08 Å². The highest BCUT2D eigenvalue weighted by molar-refractivity contribution is 5.66. The topological polar surface area (TPSA) is 0 Å². The van der Waals surface area contributed by atoms with Gasteiger partial charge in [0.1, 0.15) is 0 Å². The molecule has 1 aliphatic carbocycles. The van der Waals surface area contributed by atoms with Crippen LogP contribution in [0, 0.1) is 0 Å². The average Bonchev–Trinajstić information content (AvgIpc) is 3.06. The summed E-state index contributed by atoms with van der Waals surface area (Å²) in [6.45, 7) is 6.91. The summed E-state index contributed by atoms with van der Waals surface area (Å²) in [4.78, 5) is 0. The number of unbranched alkanes of at least 4 members (excludes halogenated alkanes) is 9. The first-order chi connectivity index (χ1) is 11.7. The van der Waals surface area contributed by atoms with Gasteiger partial charge in [-0.1, -0.05) is 103 Å².